The van der Waals surface area contributed by atoms with Crippen LogP contribution in [0.1, 0.15) is 11.7 Å². The van der Waals surface area contributed by atoms with Crippen LogP contribution in [0.2, 0.25) is 5.02 Å². The number of benzene rings is 1. The minimum Gasteiger partial charge on any atom is -0.312 e. The van der Waals surface area contributed by atoms with Gasteiger partial charge in [0.15, 0.2) is 0 Å². The summed E-state index contributed by atoms with van der Waals surface area (Å²) in [5, 5.41) is 0.699. The van der Waals surface area contributed by atoms with Crippen LogP contribution in [-0.2, 0) is 0 Å². The Kier molecular flexibility index (Phi) is 2.27. The lowest BCUT2D eigenvalue weighted by atomic mass is 10.2. The Balaban J connectivity index is 2.89. The average molecular weight is 157 g/mol. The van der Waals surface area contributed by atoms with Crippen molar-refractivity contribution in [2.45, 2.75) is 6.17 Å². The van der Waals surface area contributed by atoms with E-state index in [2.05, 4.69) is 0 Å². The van der Waals surface area contributed by atoms with Crippen molar-refractivity contribution in [1.82, 2.24) is 0 Å². The average Bonchev–Trinajstić information content (AvgIpc) is 1.88. The van der Waals surface area contributed by atoms with Gasteiger partial charge in [-0.3, -0.25) is 0 Å². The third-order valence-electron chi connectivity index (χ3n) is 1.25. The van der Waals surface area contributed by atoms with Gasteiger partial charge >= 0.3 is 0 Å². The molecule has 0 bridgehead atoms. The maximum Gasteiger partial charge on any atom is 0.0784 e. The Bertz CT molecular complexity index is 205. The molecule has 1 aromatic rings. The molecule has 0 aromatic heterocycles. The molecule has 2 nitrogen and oxygen atoms in total. The van der Waals surface area contributed by atoms with E-state index in [0.29, 0.717) is 5.02 Å². The molecule has 4 N–H and O–H groups in total. The fraction of sp³-hybridized carbons (Fsp3) is 0.143. The Morgan fingerprint density at radius 3 is 2.00 bits per heavy atom. The molecule has 0 atom stereocenters. The van der Waals surface area contributed by atoms with Crippen molar-refractivity contribution < 1.29 is 0 Å². The van der Waals surface area contributed by atoms with Crippen LogP contribution in [0.3, 0.4) is 0 Å². The molecule has 1 rings (SSSR count). The van der Waals surface area contributed by atoms with Crippen molar-refractivity contribution in [2.75, 3.05) is 0 Å². The second-order valence-corrected chi connectivity index (χ2v) is 2.51. The minimum absolute atomic E-state index is 0.405. The molecular formula is C7H9ClN2. The summed E-state index contributed by atoms with van der Waals surface area (Å²) in [6.45, 7) is 0. The van der Waals surface area contributed by atoms with E-state index in [1.165, 1.54) is 0 Å². The van der Waals surface area contributed by atoms with E-state index in [4.69, 9.17) is 23.1 Å². The number of hydrogen-bond acceptors (Lipinski definition) is 2. The van der Waals surface area contributed by atoms with Crippen molar-refractivity contribution in [1.29, 1.82) is 0 Å². The van der Waals surface area contributed by atoms with E-state index in [-0.39, 0.29) is 0 Å². The summed E-state index contributed by atoms with van der Waals surface area (Å²) in [5.74, 6) is 0. The van der Waals surface area contributed by atoms with E-state index in [0.717, 1.165) is 5.56 Å². The molecule has 0 aliphatic heterocycles. The van der Waals surface area contributed by atoms with Gasteiger partial charge in [-0.15, -0.1) is 0 Å². The maximum atomic E-state index is 5.63. The molecule has 10 heavy (non-hydrogen) atoms. The molecule has 0 fully saturated rings. The van der Waals surface area contributed by atoms with Crippen LogP contribution in [0.5, 0.6) is 0 Å². The molecule has 0 spiro atoms. The van der Waals surface area contributed by atoms with Crippen LogP contribution in [-0.4, -0.2) is 0 Å². The van der Waals surface area contributed by atoms with Crippen LogP contribution >= 0.6 is 11.6 Å². The molecular weight excluding hydrogens is 148 g/mol. The first-order valence-corrected chi connectivity index (χ1v) is 3.34. The third-order valence-corrected chi connectivity index (χ3v) is 1.51. The highest BCUT2D eigenvalue weighted by atomic mass is 35.5. The SMILES string of the molecule is NC(N)c1ccc(Cl)cc1. The van der Waals surface area contributed by atoms with Gasteiger partial charge in [0, 0.05) is 5.02 Å². The first-order chi connectivity index (χ1) is 4.70. The minimum atomic E-state index is -0.405. The Morgan fingerprint density at radius 2 is 1.60 bits per heavy atom. The van der Waals surface area contributed by atoms with Gasteiger partial charge in [0.2, 0.25) is 0 Å². The summed E-state index contributed by atoms with van der Waals surface area (Å²) in [4.78, 5) is 0. The monoisotopic (exact) mass is 156 g/mol. The number of halogens is 1. The topological polar surface area (TPSA) is 52.0 Å². The second-order valence-electron chi connectivity index (χ2n) is 2.08. The molecule has 3 heteroatoms. The smallest absolute Gasteiger partial charge is 0.0784 e. The summed E-state index contributed by atoms with van der Waals surface area (Å²) < 4.78 is 0. The van der Waals surface area contributed by atoms with Crippen molar-refractivity contribution in [3.05, 3.63) is 34.9 Å². The van der Waals surface area contributed by atoms with Gasteiger partial charge in [-0.2, -0.15) is 0 Å². The van der Waals surface area contributed by atoms with Crippen LogP contribution in [0.15, 0.2) is 24.3 Å². The van der Waals surface area contributed by atoms with Gasteiger partial charge in [0.1, 0.15) is 0 Å². The van der Waals surface area contributed by atoms with Gasteiger partial charge in [0.25, 0.3) is 0 Å². The van der Waals surface area contributed by atoms with Crippen LogP contribution in [0.25, 0.3) is 0 Å². The van der Waals surface area contributed by atoms with E-state index in [9.17, 15) is 0 Å². The normalized spacial score (nSPS) is 10.4. The van der Waals surface area contributed by atoms with Crippen LogP contribution < -0.4 is 11.5 Å². The number of hydrogen-bond donors (Lipinski definition) is 2. The molecule has 0 saturated carbocycles. The van der Waals surface area contributed by atoms with Crippen molar-refractivity contribution in [2.24, 2.45) is 11.5 Å². The third kappa shape index (κ3) is 1.70. The molecule has 0 unspecified atom stereocenters. The summed E-state index contributed by atoms with van der Waals surface area (Å²) in [6.07, 6.45) is -0.405. The van der Waals surface area contributed by atoms with Crippen LogP contribution in [0, 0.1) is 0 Å². The molecule has 0 heterocycles. The molecule has 54 valence electrons. The summed E-state index contributed by atoms with van der Waals surface area (Å²) >= 11 is 5.63. The van der Waals surface area contributed by atoms with Gasteiger partial charge < -0.3 is 11.5 Å². The van der Waals surface area contributed by atoms with Crippen LogP contribution in [0.4, 0.5) is 0 Å². The van der Waals surface area contributed by atoms with Crippen molar-refractivity contribution in [3.8, 4) is 0 Å². The molecule has 0 saturated heterocycles. The standard InChI is InChI=1S/C7H9ClN2/c8-6-3-1-5(2-4-6)7(9)10/h1-4,7H,9-10H2. The zero-order chi connectivity index (χ0) is 7.56. The first-order valence-electron chi connectivity index (χ1n) is 2.97. The summed E-state index contributed by atoms with van der Waals surface area (Å²) in [6, 6.07) is 7.16. The number of rotatable bonds is 1. The van der Waals surface area contributed by atoms with Gasteiger partial charge in [-0.25, -0.2) is 0 Å². The zero-order valence-corrected chi connectivity index (χ0v) is 6.18. The van der Waals surface area contributed by atoms with E-state index in [1.807, 2.05) is 12.1 Å². The second kappa shape index (κ2) is 3.01. The zero-order valence-electron chi connectivity index (χ0n) is 5.42. The Morgan fingerprint density at radius 1 is 1.10 bits per heavy atom. The quantitative estimate of drug-likeness (QED) is 0.602. The van der Waals surface area contributed by atoms with Crippen molar-refractivity contribution >= 4 is 11.6 Å². The maximum absolute atomic E-state index is 5.63. The Hall–Kier alpha value is -0.570. The molecule has 1 aromatic carbocycles. The van der Waals surface area contributed by atoms with E-state index < -0.39 is 6.17 Å². The molecule has 0 aliphatic rings. The lowest BCUT2D eigenvalue weighted by molar-refractivity contribution is 0.774. The summed E-state index contributed by atoms with van der Waals surface area (Å²) in [7, 11) is 0. The summed E-state index contributed by atoms with van der Waals surface area (Å²) in [5.41, 5.74) is 11.7. The van der Waals surface area contributed by atoms with E-state index in [1.54, 1.807) is 12.1 Å². The van der Waals surface area contributed by atoms with Gasteiger partial charge in [-0.1, -0.05) is 23.7 Å². The number of nitrogens with two attached hydrogens (primary N) is 2. The van der Waals surface area contributed by atoms with E-state index >= 15 is 0 Å². The predicted octanol–water partition coefficient (Wildman–Crippen LogP) is 1.26. The lowest BCUT2D eigenvalue weighted by Gasteiger charge is -2.03. The molecule has 0 radical (unpaired) electrons. The van der Waals surface area contributed by atoms with Gasteiger partial charge in [-0.05, 0) is 17.7 Å². The van der Waals surface area contributed by atoms with Crippen molar-refractivity contribution in [3.63, 3.8) is 0 Å². The lowest BCUT2D eigenvalue weighted by Crippen LogP contribution is -2.19. The highest BCUT2D eigenvalue weighted by molar-refractivity contribution is 6.30. The van der Waals surface area contributed by atoms with Gasteiger partial charge in [0.05, 0.1) is 6.17 Å². The molecule has 0 aliphatic carbocycles. The first kappa shape index (κ1) is 7.54. The highest BCUT2D eigenvalue weighted by Gasteiger charge is 1.96. The fourth-order valence-corrected chi connectivity index (χ4v) is 0.811. The Labute approximate surface area is 64.8 Å². The largest absolute Gasteiger partial charge is 0.312 e. The predicted molar refractivity (Wildman–Crippen MR) is 42.6 cm³/mol. The fourth-order valence-electron chi connectivity index (χ4n) is 0.685. The molecule has 0 amide bonds. The highest BCUT2D eigenvalue weighted by Crippen LogP contribution is 2.11.